The van der Waals surface area contributed by atoms with Crippen LogP contribution in [-0.4, -0.2) is 37.5 Å². The van der Waals surface area contributed by atoms with E-state index < -0.39 is 32.6 Å². The Morgan fingerprint density at radius 2 is 2.03 bits per heavy atom. The average Bonchev–Trinajstić information content (AvgIpc) is 3.07. The Balaban J connectivity index is 1.91. The summed E-state index contributed by atoms with van der Waals surface area (Å²) in [6, 6.07) is 5.55. The summed E-state index contributed by atoms with van der Waals surface area (Å²) in [6.45, 7) is -0.231. The molecular weight excluding hydrogens is 483 g/mol. The molecule has 1 atom stereocenters. The molecule has 2 aromatic carbocycles. The van der Waals surface area contributed by atoms with Crippen molar-refractivity contribution in [3.63, 3.8) is 0 Å². The molecule has 32 heavy (non-hydrogen) atoms. The summed E-state index contributed by atoms with van der Waals surface area (Å²) >= 11 is 5.67. The number of halogens is 3. The van der Waals surface area contributed by atoms with E-state index in [-0.39, 0.29) is 35.7 Å². The molecule has 0 bridgehead atoms. The molecule has 0 spiro atoms. The molecule has 1 aliphatic heterocycles. The quantitative estimate of drug-likeness (QED) is 0.393. The molecule has 4 rings (SSSR count). The summed E-state index contributed by atoms with van der Waals surface area (Å²) in [5.74, 6) is -2.21. The summed E-state index contributed by atoms with van der Waals surface area (Å²) in [7, 11) is -0.242. The molecule has 0 N–H and O–H groups in total. The predicted octanol–water partition coefficient (Wildman–Crippen LogP) is 3.89. The lowest BCUT2D eigenvalue weighted by Crippen LogP contribution is -2.26. The second-order valence-electron chi connectivity index (χ2n) is 7.27. The lowest BCUT2D eigenvalue weighted by molar-refractivity contribution is 0.0764. The van der Waals surface area contributed by atoms with Crippen LogP contribution in [0.5, 0.6) is 5.75 Å². The number of amides is 1. The Morgan fingerprint density at radius 3 is 2.69 bits per heavy atom. The number of carbonyl (C=O) groups excluding carboxylic acids is 1. The summed E-state index contributed by atoms with van der Waals surface area (Å²) in [6.07, 6.45) is 2.55. The largest absolute Gasteiger partial charge is 0.477 e. The van der Waals surface area contributed by atoms with Crippen LogP contribution < -0.4 is 8.83 Å². The van der Waals surface area contributed by atoms with E-state index in [0.29, 0.717) is 16.5 Å². The van der Waals surface area contributed by atoms with E-state index >= 15 is 0 Å². The highest BCUT2D eigenvalue weighted by Crippen LogP contribution is 2.45. The van der Waals surface area contributed by atoms with Crippen LogP contribution in [0.15, 0.2) is 30.5 Å². The Morgan fingerprint density at radius 1 is 1.31 bits per heavy atom. The van der Waals surface area contributed by atoms with Crippen molar-refractivity contribution >= 4 is 53.6 Å². The zero-order chi connectivity index (χ0) is 23.4. The van der Waals surface area contributed by atoms with Crippen LogP contribution in [0.4, 0.5) is 14.5 Å². The fraction of sp³-hybridized carbons (Fsp3) is 0.200. The molecule has 0 aliphatic carbocycles. The first-order chi connectivity index (χ1) is 15.1. The van der Waals surface area contributed by atoms with Gasteiger partial charge in [-0.1, -0.05) is 17.7 Å². The Labute approximate surface area is 190 Å². The maximum Gasteiger partial charge on any atom is 0.258 e. The van der Waals surface area contributed by atoms with Gasteiger partial charge in [0.25, 0.3) is 5.91 Å². The molecule has 12 heteroatoms. The van der Waals surface area contributed by atoms with Gasteiger partial charge in [0.05, 0.1) is 27.0 Å². The summed E-state index contributed by atoms with van der Waals surface area (Å²) in [5, 5.41) is -0.185. The normalized spacial score (nSPS) is 13.6. The first kappa shape index (κ1) is 22.6. The Kier molecular flexibility index (Phi) is 5.73. The van der Waals surface area contributed by atoms with Gasteiger partial charge in [-0.2, -0.15) is 0 Å². The molecular formula is C20H17ClF2N3O4PS. The van der Waals surface area contributed by atoms with Crippen molar-refractivity contribution in [2.24, 2.45) is 0 Å². The lowest BCUT2D eigenvalue weighted by atomic mass is 10.0. The van der Waals surface area contributed by atoms with E-state index in [1.807, 2.05) is 0 Å². The minimum atomic E-state index is -3.69. The Hall–Kier alpha value is -2.55. The van der Waals surface area contributed by atoms with Crippen molar-refractivity contribution in [3.05, 3.63) is 63.8 Å². The number of sulfonamides is 1. The number of pyridine rings is 1. The first-order valence-corrected chi connectivity index (χ1v) is 11.9. The number of benzene rings is 2. The van der Waals surface area contributed by atoms with Gasteiger partial charge in [0.2, 0.25) is 10.0 Å². The molecule has 1 aromatic heterocycles. The third kappa shape index (κ3) is 3.56. The predicted molar refractivity (Wildman–Crippen MR) is 120 cm³/mol. The number of rotatable bonds is 5. The third-order valence-corrected chi connectivity index (χ3v) is 7.11. The third-order valence-electron chi connectivity index (χ3n) is 5.35. The number of fused-ring (bicyclic) bond motifs is 2. The van der Waals surface area contributed by atoms with Crippen LogP contribution in [0.3, 0.4) is 0 Å². The van der Waals surface area contributed by atoms with E-state index in [1.54, 1.807) is 12.1 Å². The Bertz CT molecular complexity index is 1390. The number of aromatic nitrogens is 1. The maximum absolute atomic E-state index is 14.5. The van der Waals surface area contributed by atoms with Crippen LogP contribution in [0.25, 0.3) is 10.9 Å². The molecule has 2 heterocycles. The zero-order valence-electron chi connectivity index (χ0n) is 16.9. The van der Waals surface area contributed by atoms with Crippen molar-refractivity contribution < 1.29 is 26.5 Å². The first-order valence-electron chi connectivity index (χ1n) is 9.22. The SMILES string of the molecule is CN(c1c2c(c(OP)c3ncccc13)C(=O)N(Cc1ccc(F)c(Cl)c1F)C2)S(C)(=O)=O. The highest BCUT2D eigenvalue weighted by Gasteiger charge is 2.38. The van der Waals surface area contributed by atoms with Crippen LogP contribution in [0.2, 0.25) is 5.02 Å². The van der Waals surface area contributed by atoms with E-state index in [1.165, 1.54) is 24.2 Å². The molecule has 1 unspecified atom stereocenters. The number of hydrogen-bond acceptors (Lipinski definition) is 5. The van der Waals surface area contributed by atoms with Gasteiger partial charge in [-0.3, -0.25) is 14.1 Å². The van der Waals surface area contributed by atoms with Crippen LogP contribution >= 0.6 is 21.1 Å². The zero-order valence-corrected chi connectivity index (χ0v) is 19.6. The van der Waals surface area contributed by atoms with Crippen molar-refractivity contribution in [1.29, 1.82) is 0 Å². The van der Waals surface area contributed by atoms with Gasteiger partial charge in [-0.05, 0) is 18.2 Å². The fourth-order valence-electron chi connectivity index (χ4n) is 3.78. The molecule has 7 nitrogen and oxygen atoms in total. The minimum absolute atomic E-state index is 0.0200. The van der Waals surface area contributed by atoms with Gasteiger partial charge in [-0.15, -0.1) is 0 Å². The molecule has 168 valence electrons. The van der Waals surface area contributed by atoms with Crippen LogP contribution in [0.1, 0.15) is 21.5 Å². The molecule has 0 saturated heterocycles. The fourth-order valence-corrected chi connectivity index (χ4v) is 4.73. The molecule has 0 fully saturated rings. The second kappa shape index (κ2) is 8.10. The van der Waals surface area contributed by atoms with Gasteiger partial charge >= 0.3 is 0 Å². The van der Waals surface area contributed by atoms with E-state index in [2.05, 4.69) is 14.5 Å². The highest BCUT2D eigenvalue weighted by atomic mass is 35.5. The number of hydrogen-bond donors (Lipinski definition) is 0. The van der Waals surface area contributed by atoms with Crippen molar-refractivity contribution in [2.45, 2.75) is 13.1 Å². The summed E-state index contributed by atoms with van der Waals surface area (Å²) < 4.78 is 59.2. The van der Waals surface area contributed by atoms with E-state index in [4.69, 9.17) is 16.1 Å². The minimum Gasteiger partial charge on any atom is -0.477 e. The monoisotopic (exact) mass is 499 g/mol. The summed E-state index contributed by atoms with van der Waals surface area (Å²) in [5.41, 5.74) is 1.13. The lowest BCUT2D eigenvalue weighted by Gasteiger charge is -2.23. The van der Waals surface area contributed by atoms with Gasteiger partial charge in [-0.25, -0.2) is 17.2 Å². The van der Waals surface area contributed by atoms with Gasteiger partial charge in [0.1, 0.15) is 22.2 Å². The smallest absolute Gasteiger partial charge is 0.258 e. The summed E-state index contributed by atoms with van der Waals surface area (Å²) in [4.78, 5) is 18.9. The van der Waals surface area contributed by atoms with Crippen molar-refractivity contribution in [3.8, 4) is 5.75 Å². The second-order valence-corrected chi connectivity index (χ2v) is 9.90. The van der Waals surface area contributed by atoms with Gasteiger partial charge < -0.3 is 9.42 Å². The van der Waals surface area contributed by atoms with Crippen LogP contribution in [-0.2, 0) is 23.1 Å². The number of anilines is 1. The number of carbonyl (C=O) groups is 1. The number of nitrogens with zero attached hydrogens (tertiary/aromatic N) is 3. The topological polar surface area (TPSA) is 79.8 Å². The molecule has 3 aromatic rings. The van der Waals surface area contributed by atoms with Crippen molar-refractivity contribution in [1.82, 2.24) is 9.88 Å². The average molecular weight is 500 g/mol. The standard InChI is InChI=1S/C20H17ClF2N3O4PS/c1-25(32(2,28)29)18-11-4-3-7-24-17(11)19(30-31)14-12(18)9-26(20(14)27)8-10-5-6-13(22)15(21)16(10)23/h3-7H,8-9,31H2,1-2H3. The highest BCUT2D eigenvalue weighted by molar-refractivity contribution is 7.92. The van der Waals surface area contributed by atoms with Gasteiger partial charge in [0.15, 0.2) is 5.75 Å². The maximum atomic E-state index is 14.5. The van der Waals surface area contributed by atoms with Gasteiger partial charge in [0, 0.05) is 42.8 Å². The molecule has 1 aliphatic rings. The van der Waals surface area contributed by atoms with E-state index in [0.717, 1.165) is 16.6 Å². The molecule has 0 radical (unpaired) electrons. The molecule has 0 saturated carbocycles. The van der Waals surface area contributed by atoms with Crippen LogP contribution in [0, 0.1) is 11.6 Å². The molecule has 1 amide bonds. The van der Waals surface area contributed by atoms with E-state index in [9.17, 15) is 22.0 Å². The van der Waals surface area contributed by atoms with Crippen molar-refractivity contribution in [2.75, 3.05) is 17.6 Å².